The molecule has 0 aliphatic carbocycles. The van der Waals surface area contributed by atoms with Crippen LogP contribution in [0.15, 0.2) is 0 Å². The summed E-state index contributed by atoms with van der Waals surface area (Å²) in [5.74, 6) is 5.58. The summed E-state index contributed by atoms with van der Waals surface area (Å²) in [4.78, 5) is 25.7. The van der Waals surface area contributed by atoms with Crippen LogP contribution in [-0.4, -0.2) is 58.4 Å². The van der Waals surface area contributed by atoms with E-state index in [9.17, 15) is 9.59 Å². The first-order chi connectivity index (χ1) is 8.74. The van der Waals surface area contributed by atoms with Crippen molar-refractivity contribution in [1.29, 1.82) is 0 Å². The third kappa shape index (κ3) is 4.36. The Balaban J connectivity index is 2.79. The fourth-order valence-electron chi connectivity index (χ4n) is 1.79. The molecule has 6 nitrogen and oxygen atoms in total. The maximum absolute atomic E-state index is 12.0. The number of ether oxygens (including phenoxy) is 1. The number of carbonyl (C=O) groups is 2. The predicted molar refractivity (Wildman–Crippen MR) is 69.8 cm³/mol. The Kier molecular flexibility index (Phi) is 4.65. The third-order valence-electron chi connectivity index (χ3n) is 2.59. The number of carboxylic acid groups (broad SMARTS) is 1. The van der Waals surface area contributed by atoms with Crippen LogP contribution in [0.3, 0.4) is 0 Å². The maximum Gasteiger partial charge on any atom is 0.411 e. The minimum absolute atomic E-state index is 0.190. The highest BCUT2D eigenvalue weighted by Gasteiger charge is 2.33. The molecule has 1 aliphatic rings. The molecular weight excluding hydrogens is 248 g/mol. The van der Waals surface area contributed by atoms with Crippen LogP contribution < -0.4 is 0 Å². The highest BCUT2D eigenvalue weighted by atomic mass is 16.6. The Morgan fingerprint density at radius 3 is 2.42 bits per heavy atom. The molecule has 1 unspecified atom stereocenters. The Bertz CT molecular complexity index is 417. The van der Waals surface area contributed by atoms with Gasteiger partial charge in [0.05, 0.1) is 6.54 Å². The van der Waals surface area contributed by atoms with Gasteiger partial charge in [-0.3, -0.25) is 4.90 Å². The predicted octanol–water partition coefficient (Wildman–Crippen LogP) is 1.61. The van der Waals surface area contributed by atoms with Crippen molar-refractivity contribution in [3.63, 3.8) is 0 Å². The molecule has 0 aromatic heterocycles. The summed E-state index contributed by atoms with van der Waals surface area (Å²) in [6.45, 7) is 7.79. The van der Waals surface area contributed by atoms with Crippen molar-refractivity contribution in [2.45, 2.75) is 39.3 Å². The van der Waals surface area contributed by atoms with Crippen LogP contribution in [0.4, 0.5) is 9.59 Å². The second-order valence-corrected chi connectivity index (χ2v) is 5.31. The monoisotopic (exact) mass is 268 g/mol. The number of amides is 2. The molecule has 1 rings (SSSR count). The van der Waals surface area contributed by atoms with Crippen LogP contribution in [0.1, 0.15) is 27.7 Å². The van der Waals surface area contributed by atoms with Crippen molar-refractivity contribution in [1.82, 2.24) is 9.80 Å². The van der Waals surface area contributed by atoms with Gasteiger partial charge in [-0.2, -0.15) is 0 Å². The maximum atomic E-state index is 12.0. The molecule has 0 aromatic rings. The van der Waals surface area contributed by atoms with Gasteiger partial charge in [-0.05, 0) is 27.7 Å². The van der Waals surface area contributed by atoms with Crippen LogP contribution in [0.25, 0.3) is 0 Å². The molecule has 6 heteroatoms. The molecule has 1 saturated heterocycles. The SMILES string of the molecule is CC#CC1CN(C(=O)O)CCN1C(=O)OC(C)(C)C. The van der Waals surface area contributed by atoms with Crippen molar-refractivity contribution >= 4 is 12.2 Å². The first kappa shape index (κ1) is 15.2. The summed E-state index contributed by atoms with van der Waals surface area (Å²) in [5, 5.41) is 8.98. The average Bonchev–Trinajstić information content (AvgIpc) is 2.26. The number of hydrogen-bond acceptors (Lipinski definition) is 3. The molecule has 1 fully saturated rings. The summed E-state index contributed by atoms with van der Waals surface area (Å²) in [7, 11) is 0. The molecule has 1 N–H and O–H groups in total. The number of hydrogen-bond donors (Lipinski definition) is 1. The van der Waals surface area contributed by atoms with E-state index in [0.717, 1.165) is 0 Å². The van der Waals surface area contributed by atoms with Gasteiger partial charge in [0.1, 0.15) is 11.6 Å². The molecule has 1 aliphatic heterocycles. The van der Waals surface area contributed by atoms with Crippen LogP contribution in [0.2, 0.25) is 0 Å². The van der Waals surface area contributed by atoms with Gasteiger partial charge in [0.15, 0.2) is 0 Å². The van der Waals surface area contributed by atoms with Gasteiger partial charge in [-0.25, -0.2) is 9.59 Å². The summed E-state index contributed by atoms with van der Waals surface area (Å²) >= 11 is 0. The van der Waals surface area contributed by atoms with Crippen molar-refractivity contribution in [3.05, 3.63) is 0 Å². The summed E-state index contributed by atoms with van der Waals surface area (Å²) in [6.07, 6.45) is -1.45. The molecule has 0 radical (unpaired) electrons. The van der Waals surface area contributed by atoms with Crippen molar-refractivity contribution in [2.24, 2.45) is 0 Å². The molecule has 106 valence electrons. The smallest absolute Gasteiger partial charge is 0.411 e. The van der Waals surface area contributed by atoms with Gasteiger partial charge in [-0.1, -0.05) is 5.92 Å². The standard InChI is InChI=1S/C13H20N2O4/c1-5-6-10-9-14(11(16)17)7-8-15(10)12(18)19-13(2,3)4/h10H,7-9H2,1-4H3,(H,16,17). The van der Waals surface area contributed by atoms with Gasteiger partial charge in [-0.15, -0.1) is 5.92 Å². The molecule has 2 amide bonds. The Labute approximate surface area is 113 Å². The number of nitrogens with zero attached hydrogens (tertiary/aromatic N) is 2. The summed E-state index contributed by atoms with van der Waals surface area (Å²) in [6, 6.07) is -0.454. The minimum atomic E-state index is -0.994. The van der Waals surface area contributed by atoms with Crippen LogP contribution in [0.5, 0.6) is 0 Å². The molecule has 0 bridgehead atoms. The van der Waals surface area contributed by atoms with E-state index in [-0.39, 0.29) is 13.1 Å². The van der Waals surface area contributed by atoms with Crippen molar-refractivity contribution < 1.29 is 19.4 Å². The minimum Gasteiger partial charge on any atom is -0.465 e. The molecule has 0 aromatic carbocycles. The van der Waals surface area contributed by atoms with Crippen LogP contribution in [-0.2, 0) is 4.74 Å². The number of piperazine rings is 1. The molecule has 0 spiro atoms. The van der Waals surface area contributed by atoms with E-state index < -0.39 is 23.8 Å². The summed E-state index contributed by atoms with van der Waals surface area (Å²) < 4.78 is 5.30. The van der Waals surface area contributed by atoms with Crippen LogP contribution in [0, 0.1) is 11.8 Å². The Morgan fingerprint density at radius 1 is 1.32 bits per heavy atom. The Hall–Kier alpha value is -1.90. The lowest BCUT2D eigenvalue weighted by atomic mass is 10.1. The first-order valence-electron chi connectivity index (χ1n) is 6.14. The van der Waals surface area contributed by atoms with E-state index in [1.54, 1.807) is 27.7 Å². The lowest BCUT2D eigenvalue weighted by Crippen LogP contribution is -2.56. The van der Waals surface area contributed by atoms with Crippen molar-refractivity contribution in [2.75, 3.05) is 19.6 Å². The molecule has 0 saturated carbocycles. The van der Waals surface area contributed by atoms with Gasteiger partial charge in [0.25, 0.3) is 0 Å². The van der Waals surface area contributed by atoms with E-state index >= 15 is 0 Å². The number of rotatable bonds is 0. The normalized spacial score (nSPS) is 19.5. The quantitative estimate of drug-likeness (QED) is 0.678. The lowest BCUT2D eigenvalue weighted by molar-refractivity contribution is 0.00750. The van der Waals surface area contributed by atoms with E-state index in [1.807, 2.05) is 0 Å². The second-order valence-electron chi connectivity index (χ2n) is 5.31. The molecule has 19 heavy (non-hydrogen) atoms. The lowest BCUT2D eigenvalue weighted by Gasteiger charge is -2.38. The van der Waals surface area contributed by atoms with E-state index in [2.05, 4.69) is 11.8 Å². The van der Waals surface area contributed by atoms with E-state index in [1.165, 1.54) is 9.80 Å². The number of carbonyl (C=O) groups excluding carboxylic acids is 1. The van der Waals surface area contributed by atoms with Crippen molar-refractivity contribution in [3.8, 4) is 11.8 Å². The zero-order chi connectivity index (χ0) is 14.6. The first-order valence-corrected chi connectivity index (χ1v) is 6.14. The van der Waals surface area contributed by atoms with E-state index in [4.69, 9.17) is 9.84 Å². The second kappa shape index (κ2) is 5.83. The average molecular weight is 268 g/mol. The molecule has 1 atom stereocenters. The highest BCUT2D eigenvalue weighted by Crippen LogP contribution is 2.15. The van der Waals surface area contributed by atoms with Crippen LogP contribution >= 0.6 is 0 Å². The molecular formula is C13H20N2O4. The van der Waals surface area contributed by atoms with Gasteiger partial charge >= 0.3 is 12.2 Å². The van der Waals surface area contributed by atoms with Gasteiger partial charge in [0.2, 0.25) is 0 Å². The molecule has 1 heterocycles. The Morgan fingerprint density at radius 2 is 1.95 bits per heavy atom. The fourth-order valence-corrected chi connectivity index (χ4v) is 1.79. The highest BCUT2D eigenvalue weighted by molar-refractivity contribution is 5.71. The van der Waals surface area contributed by atoms with Gasteiger partial charge < -0.3 is 14.7 Å². The largest absolute Gasteiger partial charge is 0.465 e. The topological polar surface area (TPSA) is 70.1 Å². The van der Waals surface area contributed by atoms with Gasteiger partial charge in [0, 0.05) is 13.1 Å². The van der Waals surface area contributed by atoms with E-state index in [0.29, 0.717) is 6.54 Å². The zero-order valence-electron chi connectivity index (χ0n) is 11.8. The zero-order valence-corrected chi connectivity index (χ0v) is 11.8. The fraction of sp³-hybridized carbons (Fsp3) is 0.692. The third-order valence-corrected chi connectivity index (χ3v) is 2.59. The summed E-state index contributed by atoms with van der Waals surface area (Å²) in [5.41, 5.74) is -0.578.